The van der Waals surface area contributed by atoms with E-state index in [2.05, 4.69) is 0 Å². The number of para-hydroxylation sites is 1. The molecule has 0 N–H and O–H groups in total. The third kappa shape index (κ3) is 3.45. The van der Waals surface area contributed by atoms with E-state index in [1.165, 1.54) is 0 Å². The lowest BCUT2D eigenvalue weighted by molar-refractivity contribution is 0.415. The minimum atomic E-state index is -0.0782. The quantitative estimate of drug-likeness (QED) is 0.516. The van der Waals surface area contributed by atoms with Gasteiger partial charge in [-0.2, -0.15) is 0 Å². The molecule has 0 spiro atoms. The Balaban J connectivity index is 1.89. The summed E-state index contributed by atoms with van der Waals surface area (Å²) in [4.78, 5) is 18.0. The predicted molar refractivity (Wildman–Crippen MR) is 114 cm³/mol. The number of aryl methyl sites for hydroxylation is 1. The summed E-state index contributed by atoms with van der Waals surface area (Å²) in [6, 6.07) is 23.0. The van der Waals surface area contributed by atoms with Crippen LogP contribution in [-0.4, -0.2) is 16.7 Å². The maximum atomic E-state index is 13.2. The fourth-order valence-electron chi connectivity index (χ4n) is 3.16. The molecule has 0 saturated carbocycles. The first-order valence-corrected chi connectivity index (χ1v) is 9.07. The number of rotatable bonds is 4. The number of benzene rings is 3. The zero-order chi connectivity index (χ0) is 19.5. The summed E-state index contributed by atoms with van der Waals surface area (Å²) >= 11 is 0. The van der Waals surface area contributed by atoms with Gasteiger partial charge in [0.25, 0.3) is 5.56 Å². The standard InChI is InChI=1S/C24H20N2O2/c1-17-6-5-7-19(16-17)26-23(15-12-18-10-13-20(28-2)14-11-18)25-22-9-4-3-8-21(22)24(26)27/h3-16H,1-2H3. The van der Waals surface area contributed by atoms with Gasteiger partial charge in [0.05, 0.1) is 23.7 Å². The average Bonchev–Trinajstić information content (AvgIpc) is 2.73. The fraction of sp³-hybridized carbons (Fsp3) is 0.0833. The molecular formula is C24H20N2O2. The Kier molecular flexibility index (Phi) is 4.77. The van der Waals surface area contributed by atoms with Crippen LogP contribution in [0.5, 0.6) is 5.75 Å². The van der Waals surface area contributed by atoms with Crippen LogP contribution in [0, 0.1) is 6.92 Å². The highest BCUT2D eigenvalue weighted by molar-refractivity contribution is 5.80. The van der Waals surface area contributed by atoms with Crippen molar-refractivity contribution in [2.24, 2.45) is 0 Å². The lowest BCUT2D eigenvalue weighted by atomic mass is 10.1. The highest BCUT2D eigenvalue weighted by Crippen LogP contribution is 2.17. The summed E-state index contributed by atoms with van der Waals surface area (Å²) < 4.78 is 6.86. The topological polar surface area (TPSA) is 44.1 Å². The Hall–Kier alpha value is -3.66. The van der Waals surface area contributed by atoms with Crippen LogP contribution in [0.3, 0.4) is 0 Å². The van der Waals surface area contributed by atoms with E-state index in [9.17, 15) is 4.79 Å². The van der Waals surface area contributed by atoms with Crippen LogP contribution in [0.1, 0.15) is 17.0 Å². The fourth-order valence-corrected chi connectivity index (χ4v) is 3.16. The highest BCUT2D eigenvalue weighted by Gasteiger charge is 2.11. The molecule has 0 amide bonds. The zero-order valence-electron chi connectivity index (χ0n) is 15.8. The van der Waals surface area contributed by atoms with Crippen LogP contribution in [0.25, 0.3) is 28.7 Å². The van der Waals surface area contributed by atoms with E-state index in [0.717, 1.165) is 22.6 Å². The van der Waals surface area contributed by atoms with Gasteiger partial charge in [-0.1, -0.05) is 42.5 Å². The number of methoxy groups -OCH3 is 1. The molecule has 4 rings (SSSR count). The van der Waals surface area contributed by atoms with Gasteiger partial charge >= 0.3 is 0 Å². The van der Waals surface area contributed by atoms with Gasteiger partial charge in [0.1, 0.15) is 11.6 Å². The van der Waals surface area contributed by atoms with Crippen LogP contribution in [-0.2, 0) is 0 Å². The van der Waals surface area contributed by atoms with Crippen LogP contribution in [0.2, 0.25) is 0 Å². The first kappa shape index (κ1) is 17.7. The molecule has 4 heteroatoms. The SMILES string of the molecule is COc1ccc(C=Cc2nc3ccccc3c(=O)n2-c2cccc(C)c2)cc1. The van der Waals surface area contributed by atoms with Crippen LogP contribution < -0.4 is 10.3 Å². The lowest BCUT2D eigenvalue weighted by Crippen LogP contribution is -2.22. The molecule has 0 unspecified atom stereocenters. The largest absolute Gasteiger partial charge is 0.497 e. The van der Waals surface area contributed by atoms with Crippen molar-refractivity contribution in [2.45, 2.75) is 6.92 Å². The zero-order valence-corrected chi connectivity index (χ0v) is 15.8. The Labute approximate surface area is 163 Å². The maximum absolute atomic E-state index is 13.2. The summed E-state index contributed by atoms with van der Waals surface area (Å²) in [5.74, 6) is 1.39. The summed E-state index contributed by atoms with van der Waals surface area (Å²) in [7, 11) is 1.64. The molecular weight excluding hydrogens is 348 g/mol. The number of fused-ring (bicyclic) bond motifs is 1. The van der Waals surface area contributed by atoms with Crippen molar-refractivity contribution >= 4 is 23.1 Å². The minimum absolute atomic E-state index is 0.0782. The Morgan fingerprint density at radius 1 is 0.929 bits per heavy atom. The molecule has 0 bridgehead atoms. The molecule has 0 radical (unpaired) electrons. The van der Waals surface area contributed by atoms with Crippen molar-refractivity contribution in [3.63, 3.8) is 0 Å². The van der Waals surface area contributed by atoms with Crippen molar-refractivity contribution in [1.82, 2.24) is 9.55 Å². The van der Waals surface area contributed by atoms with Crippen molar-refractivity contribution in [3.8, 4) is 11.4 Å². The summed E-state index contributed by atoms with van der Waals surface area (Å²) in [5.41, 5.74) is 3.50. The molecule has 0 fully saturated rings. The van der Waals surface area contributed by atoms with E-state index in [0.29, 0.717) is 16.7 Å². The molecule has 4 nitrogen and oxygen atoms in total. The maximum Gasteiger partial charge on any atom is 0.266 e. The van der Waals surface area contributed by atoms with E-state index in [1.807, 2.05) is 91.9 Å². The minimum Gasteiger partial charge on any atom is -0.497 e. The van der Waals surface area contributed by atoms with Gasteiger partial charge in [-0.25, -0.2) is 4.98 Å². The van der Waals surface area contributed by atoms with Gasteiger partial charge in [0.2, 0.25) is 0 Å². The van der Waals surface area contributed by atoms with Crippen molar-refractivity contribution in [2.75, 3.05) is 7.11 Å². The van der Waals surface area contributed by atoms with Crippen LogP contribution in [0.4, 0.5) is 0 Å². The number of nitrogens with zero attached hydrogens (tertiary/aromatic N) is 2. The number of aromatic nitrogens is 2. The van der Waals surface area contributed by atoms with Gasteiger partial charge in [0, 0.05) is 0 Å². The molecule has 0 atom stereocenters. The summed E-state index contributed by atoms with van der Waals surface area (Å²) in [6.07, 6.45) is 3.82. The van der Waals surface area contributed by atoms with Crippen molar-refractivity contribution in [3.05, 3.63) is 100 Å². The van der Waals surface area contributed by atoms with Gasteiger partial charge in [-0.15, -0.1) is 0 Å². The van der Waals surface area contributed by atoms with E-state index in [1.54, 1.807) is 11.7 Å². The number of hydrogen-bond donors (Lipinski definition) is 0. The first-order valence-electron chi connectivity index (χ1n) is 9.07. The van der Waals surface area contributed by atoms with Gasteiger partial charge in [0.15, 0.2) is 0 Å². The molecule has 3 aromatic carbocycles. The van der Waals surface area contributed by atoms with E-state index < -0.39 is 0 Å². The Morgan fingerprint density at radius 2 is 1.71 bits per heavy atom. The van der Waals surface area contributed by atoms with Crippen LogP contribution in [0.15, 0.2) is 77.6 Å². The van der Waals surface area contributed by atoms with E-state index >= 15 is 0 Å². The van der Waals surface area contributed by atoms with Crippen LogP contribution >= 0.6 is 0 Å². The third-order valence-corrected chi connectivity index (χ3v) is 4.60. The van der Waals surface area contributed by atoms with Gasteiger partial charge < -0.3 is 4.74 Å². The van der Waals surface area contributed by atoms with Crippen molar-refractivity contribution < 1.29 is 4.74 Å². The van der Waals surface area contributed by atoms with Crippen molar-refractivity contribution in [1.29, 1.82) is 0 Å². The molecule has 4 aromatic rings. The van der Waals surface area contributed by atoms with E-state index in [-0.39, 0.29) is 5.56 Å². The normalized spacial score (nSPS) is 11.2. The Bertz CT molecular complexity index is 1220. The molecule has 28 heavy (non-hydrogen) atoms. The van der Waals surface area contributed by atoms with E-state index in [4.69, 9.17) is 9.72 Å². The number of ether oxygens (including phenoxy) is 1. The first-order chi connectivity index (χ1) is 13.7. The predicted octanol–water partition coefficient (Wildman–Crippen LogP) is 4.87. The second kappa shape index (κ2) is 7.53. The molecule has 0 aliphatic heterocycles. The highest BCUT2D eigenvalue weighted by atomic mass is 16.5. The molecule has 0 saturated heterocycles. The third-order valence-electron chi connectivity index (χ3n) is 4.60. The molecule has 1 aromatic heterocycles. The smallest absolute Gasteiger partial charge is 0.266 e. The summed E-state index contributed by atoms with van der Waals surface area (Å²) in [5, 5.41) is 0.602. The Morgan fingerprint density at radius 3 is 2.46 bits per heavy atom. The molecule has 1 heterocycles. The summed E-state index contributed by atoms with van der Waals surface area (Å²) in [6.45, 7) is 2.01. The average molecular weight is 368 g/mol. The molecule has 0 aliphatic rings. The second-order valence-electron chi connectivity index (χ2n) is 6.57. The lowest BCUT2D eigenvalue weighted by Gasteiger charge is -2.12. The number of hydrogen-bond acceptors (Lipinski definition) is 3. The second-order valence-corrected chi connectivity index (χ2v) is 6.57. The molecule has 0 aliphatic carbocycles. The molecule has 138 valence electrons. The van der Waals surface area contributed by atoms with Gasteiger partial charge in [-0.05, 0) is 60.5 Å². The monoisotopic (exact) mass is 368 g/mol. The van der Waals surface area contributed by atoms with Gasteiger partial charge in [-0.3, -0.25) is 9.36 Å².